The summed E-state index contributed by atoms with van der Waals surface area (Å²) in [6.45, 7) is 8.14. The van der Waals surface area contributed by atoms with Gasteiger partial charge in [0.1, 0.15) is 29.6 Å². The van der Waals surface area contributed by atoms with E-state index in [1.54, 1.807) is 0 Å². The summed E-state index contributed by atoms with van der Waals surface area (Å²) in [6.07, 6.45) is -2.10. The highest BCUT2D eigenvalue weighted by molar-refractivity contribution is 5.87. The molecule has 4 aliphatic heterocycles. The van der Waals surface area contributed by atoms with Crippen molar-refractivity contribution in [1.29, 1.82) is 0 Å². The Hall–Kier alpha value is -1.71. The second kappa shape index (κ2) is 7.27. The van der Waals surface area contributed by atoms with E-state index in [-0.39, 0.29) is 6.54 Å². The molecule has 0 aliphatic carbocycles. The van der Waals surface area contributed by atoms with Crippen molar-refractivity contribution in [2.75, 3.05) is 32.8 Å². The highest BCUT2D eigenvalue weighted by Crippen LogP contribution is 2.51. The van der Waals surface area contributed by atoms with Crippen LogP contribution in [0, 0.1) is 11.8 Å². The molecule has 4 saturated heterocycles. The number of ether oxygens (including phenoxy) is 5. The van der Waals surface area contributed by atoms with Crippen LogP contribution in [0.4, 0.5) is 0 Å². The van der Waals surface area contributed by atoms with E-state index >= 15 is 0 Å². The van der Waals surface area contributed by atoms with Gasteiger partial charge in [0.25, 0.3) is 0 Å². The van der Waals surface area contributed by atoms with Crippen molar-refractivity contribution >= 4 is 17.9 Å². The number of carbonyl (C=O) groups is 3. The molecule has 4 heterocycles. The van der Waals surface area contributed by atoms with Gasteiger partial charge in [0, 0.05) is 13.1 Å². The Morgan fingerprint density at radius 2 is 1.89 bits per heavy atom. The first-order valence-corrected chi connectivity index (χ1v) is 9.89. The molecule has 2 bridgehead atoms. The molecule has 0 aromatic rings. The van der Waals surface area contributed by atoms with Crippen molar-refractivity contribution < 1.29 is 38.1 Å². The Balaban J connectivity index is 1.45. The predicted octanol–water partition coefficient (Wildman–Crippen LogP) is -0.0990. The fourth-order valence-corrected chi connectivity index (χ4v) is 4.28. The van der Waals surface area contributed by atoms with E-state index in [4.69, 9.17) is 23.7 Å². The van der Waals surface area contributed by atoms with Crippen LogP contribution >= 0.6 is 0 Å². The molecule has 0 radical (unpaired) electrons. The highest BCUT2D eigenvalue weighted by atomic mass is 16.7. The molecular formula is C19H27NO8. The van der Waals surface area contributed by atoms with Crippen LogP contribution in [0.25, 0.3) is 0 Å². The van der Waals surface area contributed by atoms with Gasteiger partial charge in [-0.3, -0.25) is 19.3 Å². The molecule has 156 valence electrons. The summed E-state index contributed by atoms with van der Waals surface area (Å²) in [6, 6.07) is 0. The lowest BCUT2D eigenvalue weighted by atomic mass is 9.78. The van der Waals surface area contributed by atoms with E-state index in [1.807, 2.05) is 25.7 Å². The van der Waals surface area contributed by atoms with Crippen molar-refractivity contribution in [2.24, 2.45) is 11.8 Å². The van der Waals surface area contributed by atoms with Gasteiger partial charge in [0.05, 0.1) is 19.8 Å². The molecule has 0 saturated carbocycles. The normalized spacial score (nSPS) is 37.0. The molecule has 4 rings (SSSR count). The van der Waals surface area contributed by atoms with Crippen LogP contribution < -0.4 is 0 Å². The highest BCUT2D eigenvalue weighted by Gasteiger charge is 2.72. The van der Waals surface area contributed by atoms with E-state index in [0.717, 1.165) is 0 Å². The fourth-order valence-electron chi connectivity index (χ4n) is 4.28. The molecule has 0 spiro atoms. The third-order valence-electron chi connectivity index (χ3n) is 6.13. The average molecular weight is 397 g/mol. The van der Waals surface area contributed by atoms with Crippen LogP contribution in [0.1, 0.15) is 27.2 Å². The van der Waals surface area contributed by atoms with Crippen LogP contribution in [0.2, 0.25) is 0 Å². The molecule has 4 fully saturated rings. The summed E-state index contributed by atoms with van der Waals surface area (Å²) in [5, 5.41) is 0. The first-order valence-electron chi connectivity index (χ1n) is 9.89. The van der Waals surface area contributed by atoms with Gasteiger partial charge >= 0.3 is 17.9 Å². The second-order valence-electron chi connectivity index (χ2n) is 8.40. The summed E-state index contributed by atoms with van der Waals surface area (Å²) in [5.74, 6) is -2.92. The van der Waals surface area contributed by atoms with Crippen molar-refractivity contribution in [3.05, 3.63) is 0 Å². The predicted molar refractivity (Wildman–Crippen MR) is 93.1 cm³/mol. The van der Waals surface area contributed by atoms with Crippen molar-refractivity contribution in [2.45, 2.75) is 57.2 Å². The summed E-state index contributed by atoms with van der Waals surface area (Å²) >= 11 is 0. The zero-order valence-corrected chi connectivity index (χ0v) is 16.4. The van der Waals surface area contributed by atoms with Crippen LogP contribution in [-0.2, 0) is 38.1 Å². The Labute approximate surface area is 163 Å². The van der Waals surface area contributed by atoms with E-state index in [0.29, 0.717) is 32.7 Å². The molecule has 0 N–H and O–H groups in total. The molecule has 0 aromatic heterocycles. The number of rotatable bonds is 6. The van der Waals surface area contributed by atoms with Gasteiger partial charge in [0.15, 0.2) is 12.2 Å². The smallest absolute Gasteiger partial charge is 0.320 e. The molecule has 4 aliphatic rings. The number of hydrogen-bond acceptors (Lipinski definition) is 9. The summed E-state index contributed by atoms with van der Waals surface area (Å²) in [7, 11) is 0. The minimum atomic E-state index is -0.816. The quantitative estimate of drug-likeness (QED) is 0.449. The van der Waals surface area contributed by atoms with Crippen molar-refractivity contribution in [3.63, 3.8) is 0 Å². The van der Waals surface area contributed by atoms with Crippen LogP contribution in [-0.4, -0.2) is 85.7 Å². The molecule has 0 amide bonds. The molecule has 6 atom stereocenters. The third kappa shape index (κ3) is 3.40. The van der Waals surface area contributed by atoms with Gasteiger partial charge in [-0.25, -0.2) is 0 Å². The van der Waals surface area contributed by atoms with Gasteiger partial charge in [-0.1, -0.05) is 6.92 Å². The first kappa shape index (κ1) is 19.6. The Morgan fingerprint density at radius 1 is 1.18 bits per heavy atom. The van der Waals surface area contributed by atoms with E-state index in [9.17, 15) is 14.4 Å². The van der Waals surface area contributed by atoms with Crippen LogP contribution in [0.5, 0.6) is 0 Å². The lowest BCUT2D eigenvalue weighted by Gasteiger charge is -2.31. The summed E-state index contributed by atoms with van der Waals surface area (Å²) in [5.41, 5.74) is -0.649. The Bertz CT molecular complexity index is 658. The lowest BCUT2D eigenvalue weighted by Crippen LogP contribution is -2.50. The van der Waals surface area contributed by atoms with Crippen LogP contribution in [0.3, 0.4) is 0 Å². The number of esters is 3. The molecule has 9 heteroatoms. The second-order valence-corrected chi connectivity index (χ2v) is 8.40. The van der Waals surface area contributed by atoms with Gasteiger partial charge < -0.3 is 23.7 Å². The van der Waals surface area contributed by atoms with Gasteiger partial charge in [0.2, 0.25) is 0 Å². The monoisotopic (exact) mass is 397 g/mol. The zero-order chi connectivity index (χ0) is 20.1. The Kier molecular flexibility index (Phi) is 5.09. The first-order chi connectivity index (χ1) is 13.3. The molecule has 0 aromatic carbocycles. The maximum Gasteiger partial charge on any atom is 0.320 e. The van der Waals surface area contributed by atoms with Gasteiger partial charge in [-0.15, -0.1) is 0 Å². The lowest BCUT2D eigenvalue weighted by molar-refractivity contribution is -0.171. The fraction of sp³-hybridized carbons (Fsp3) is 0.842. The van der Waals surface area contributed by atoms with Gasteiger partial charge in [-0.2, -0.15) is 0 Å². The van der Waals surface area contributed by atoms with Crippen molar-refractivity contribution in [3.8, 4) is 0 Å². The molecular weight excluding hydrogens is 370 g/mol. The molecule has 28 heavy (non-hydrogen) atoms. The average Bonchev–Trinajstić information content (AvgIpc) is 3.26. The van der Waals surface area contributed by atoms with Crippen molar-refractivity contribution in [1.82, 2.24) is 4.90 Å². The number of hydrogen-bond donors (Lipinski definition) is 0. The van der Waals surface area contributed by atoms with E-state index in [1.165, 1.54) is 0 Å². The van der Waals surface area contributed by atoms with Crippen LogP contribution in [0.15, 0.2) is 0 Å². The number of carbonyl (C=O) groups excluding carboxylic acids is 3. The van der Waals surface area contributed by atoms with E-state index in [2.05, 4.69) is 0 Å². The molecule has 9 nitrogen and oxygen atoms in total. The Morgan fingerprint density at radius 3 is 2.57 bits per heavy atom. The zero-order valence-electron chi connectivity index (χ0n) is 16.4. The minimum absolute atomic E-state index is 0.124. The maximum atomic E-state index is 12.8. The maximum absolute atomic E-state index is 12.8. The number of nitrogens with zero attached hydrogens (tertiary/aromatic N) is 1. The van der Waals surface area contributed by atoms with Gasteiger partial charge in [-0.05, 0) is 20.3 Å². The minimum Gasteiger partial charge on any atom is -0.459 e. The summed E-state index contributed by atoms with van der Waals surface area (Å²) < 4.78 is 27.8. The SMILES string of the molecule is CCC(C)(C)OC(=O)C1C2OC3C(OC(=O)C31)C2OC(=O)CN1CCOCC1. The number of fused-ring (bicyclic) bond motifs is 1. The standard InChI is InChI=1S/C19H27NO8/c1-4-19(2,3)28-18(23)12-11-13-16(27-17(11)22)15(14(12)26-13)25-10(21)9-20-5-7-24-8-6-20/h11-16H,4-9H2,1-3H3. The summed E-state index contributed by atoms with van der Waals surface area (Å²) in [4.78, 5) is 39.5. The third-order valence-corrected chi connectivity index (χ3v) is 6.13. The van der Waals surface area contributed by atoms with E-state index < -0.39 is 59.8 Å². The topological polar surface area (TPSA) is 101 Å². The largest absolute Gasteiger partial charge is 0.459 e. The number of morpholine rings is 1. The molecule has 6 unspecified atom stereocenters.